The first kappa shape index (κ1) is 10.9. The van der Waals surface area contributed by atoms with Crippen molar-refractivity contribution in [3.8, 4) is 23.0 Å². The van der Waals surface area contributed by atoms with E-state index in [9.17, 15) is 15.3 Å². The Balaban J connectivity index is 2.27. The van der Waals surface area contributed by atoms with E-state index in [0.717, 1.165) is 0 Å². The van der Waals surface area contributed by atoms with Crippen molar-refractivity contribution in [2.45, 2.75) is 0 Å². The van der Waals surface area contributed by atoms with Crippen LogP contribution in [0.5, 0.6) is 23.0 Å². The van der Waals surface area contributed by atoms with Gasteiger partial charge in [0, 0.05) is 23.5 Å². The predicted molar refractivity (Wildman–Crippen MR) is 62.8 cm³/mol. The van der Waals surface area contributed by atoms with Gasteiger partial charge in [-0.2, -0.15) is 0 Å². The zero-order valence-corrected chi connectivity index (χ0v) is 8.75. The summed E-state index contributed by atoms with van der Waals surface area (Å²) in [5.41, 5.74) is 1.09. The molecule has 0 radical (unpaired) electrons. The van der Waals surface area contributed by atoms with Gasteiger partial charge in [-0.05, 0) is 24.3 Å². The van der Waals surface area contributed by atoms with Gasteiger partial charge in [0.05, 0.1) is 0 Å². The van der Waals surface area contributed by atoms with Crippen molar-refractivity contribution in [2.75, 3.05) is 5.32 Å². The van der Waals surface area contributed by atoms with E-state index in [1.807, 2.05) is 0 Å². The summed E-state index contributed by atoms with van der Waals surface area (Å²) >= 11 is 0. The normalized spacial score (nSPS) is 10.1. The summed E-state index contributed by atoms with van der Waals surface area (Å²) in [6.45, 7) is 0. The molecule has 0 saturated heterocycles. The van der Waals surface area contributed by atoms with Crippen molar-refractivity contribution >= 4 is 11.4 Å². The first-order valence-electron chi connectivity index (χ1n) is 4.87. The number of aromatic hydroxyl groups is 4. The molecule has 0 aliphatic carbocycles. The Morgan fingerprint density at radius 2 is 1.24 bits per heavy atom. The summed E-state index contributed by atoms with van der Waals surface area (Å²) in [5.74, 6) is -1.23. The first-order valence-corrected chi connectivity index (χ1v) is 4.87. The molecule has 0 unspecified atom stereocenters. The summed E-state index contributed by atoms with van der Waals surface area (Å²) in [6, 6.07) is 8.83. The molecule has 2 aromatic carbocycles. The van der Waals surface area contributed by atoms with E-state index >= 15 is 0 Å². The standard InChI is InChI=1S/C12H11NO4/c14-9-3-1-7(2-4-9)13-8-5-10(15)12(17)11(16)6-8/h1-6,13-17H. The van der Waals surface area contributed by atoms with Gasteiger partial charge < -0.3 is 25.7 Å². The van der Waals surface area contributed by atoms with Crippen LogP contribution < -0.4 is 5.32 Å². The van der Waals surface area contributed by atoms with Crippen LogP contribution >= 0.6 is 0 Å². The topological polar surface area (TPSA) is 93.0 Å². The highest BCUT2D eigenvalue weighted by molar-refractivity contribution is 5.67. The maximum absolute atomic E-state index is 9.31. The maximum atomic E-state index is 9.31. The molecule has 5 N–H and O–H groups in total. The van der Waals surface area contributed by atoms with Crippen LogP contribution in [0.15, 0.2) is 36.4 Å². The fourth-order valence-corrected chi connectivity index (χ4v) is 1.39. The van der Waals surface area contributed by atoms with Crippen LogP contribution in [-0.2, 0) is 0 Å². The lowest BCUT2D eigenvalue weighted by atomic mass is 10.2. The number of anilines is 2. The van der Waals surface area contributed by atoms with Crippen molar-refractivity contribution in [2.24, 2.45) is 0 Å². The molecule has 0 aliphatic heterocycles. The molecular formula is C12H11NO4. The highest BCUT2D eigenvalue weighted by Gasteiger charge is 2.07. The lowest BCUT2D eigenvalue weighted by Crippen LogP contribution is -1.89. The Labute approximate surface area is 97.2 Å². The largest absolute Gasteiger partial charge is 0.508 e. The Kier molecular flexibility index (Phi) is 2.66. The molecule has 2 aromatic rings. The number of hydrogen-bond donors (Lipinski definition) is 5. The number of rotatable bonds is 2. The lowest BCUT2D eigenvalue weighted by Gasteiger charge is -2.08. The van der Waals surface area contributed by atoms with Gasteiger partial charge in [-0.3, -0.25) is 0 Å². The second-order valence-corrected chi connectivity index (χ2v) is 3.53. The molecular weight excluding hydrogens is 222 g/mol. The van der Waals surface area contributed by atoms with Gasteiger partial charge in [-0.1, -0.05) is 0 Å². The van der Waals surface area contributed by atoms with E-state index in [1.165, 1.54) is 24.3 Å². The average Bonchev–Trinajstić information content (AvgIpc) is 2.29. The first-order chi connectivity index (χ1) is 8.06. The van der Waals surface area contributed by atoms with Crippen LogP contribution in [0, 0.1) is 0 Å². The minimum absolute atomic E-state index is 0.145. The molecule has 17 heavy (non-hydrogen) atoms. The molecule has 0 fully saturated rings. The molecule has 0 aliphatic rings. The van der Waals surface area contributed by atoms with E-state index in [0.29, 0.717) is 11.4 Å². The van der Waals surface area contributed by atoms with Gasteiger partial charge in [0.1, 0.15) is 5.75 Å². The summed E-state index contributed by atoms with van der Waals surface area (Å²) in [4.78, 5) is 0. The van der Waals surface area contributed by atoms with E-state index in [4.69, 9.17) is 5.11 Å². The van der Waals surface area contributed by atoms with E-state index in [2.05, 4.69) is 5.32 Å². The number of phenols is 4. The molecule has 0 heterocycles. The Bertz CT molecular complexity index is 514. The van der Waals surface area contributed by atoms with Gasteiger partial charge in [0.25, 0.3) is 0 Å². The summed E-state index contributed by atoms with van der Waals surface area (Å²) in [5, 5.41) is 39.8. The van der Waals surface area contributed by atoms with E-state index in [-0.39, 0.29) is 5.75 Å². The highest BCUT2D eigenvalue weighted by Crippen LogP contribution is 2.38. The summed E-state index contributed by atoms with van der Waals surface area (Å²) in [6.07, 6.45) is 0. The quantitative estimate of drug-likeness (QED) is 0.405. The fourth-order valence-electron chi connectivity index (χ4n) is 1.39. The molecule has 5 heteroatoms. The Morgan fingerprint density at radius 1 is 0.706 bits per heavy atom. The fraction of sp³-hybridized carbons (Fsp3) is 0. The predicted octanol–water partition coefficient (Wildman–Crippen LogP) is 2.25. The number of benzene rings is 2. The monoisotopic (exact) mass is 233 g/mol. The molecule has 88 valence electrons. The third kappa shape index (κ3) is 2.34. The van der Waals surface area contributed by atoms with Crippen molar-refractivity contribution in [1.29, 1.82) is 0 Å². The third-order valence-electron chi connectivity index (χ3n) is 2.23. The number of phenolic OH excluding ortho intramolecular Hbond substituents is 4. The molecule has 0 saturated carbocycles. The van der Waals surface area contributed by atoms with Crippen LogP contribution in [0.25, 0.3) is 0 Å². The van der Waals surface area contributed by atoms with Crippen LogP contribution in [-0.4, -0.2) is 20.4 Å². The summed E-state index contributed by atoms with van der Waals surface area (Å²) < 4.78 is 0. The van der Waals surface area contributed by atoms with Gasteiger partial charge in [-0.25, -0.2) is 0 Å². The highest BCUT2D eigenvalue weighted by atomic mass is 16.3. The van der Waals surface area contributed by atoms with Crippen molar-refractivity contribution in [3.05, 3.63) is 36.4 Å². The second-order valence-electron chi connectivity index (χ2n) is 3.53. The smallest absolute Gasteiger partial charge is 0.200 e. The molecule has 5 nitrogen and oxygen atoms in total. The van der Waals surface area contributed by atoms with Gasteiger partial charge in [0.2, 0.25) is 0 Å². The van der Waals surface area contributed by atoms with Crippen LogP contribution in [0.3, 0.4) is 0 Å². The Hall–Kier alpha value is -2.56. The minimum Gasteiger partial charge on any atom is -0.508 e. The van der Waals surface area contributed by atoms with Gasteiger partial charge >= 0.3 is 0 Å². The van der Waals surface area contributed by atoms with Crippen molar-refractivity contribution in [3.63, 3.8) is 0 Å². The van der Waals surface area contributed by atoms with Crippen LogP contribution in [0.4, 0.5) is 11.4 Å². The zero-order valence-electron chi connectivity index (χ0n) is 8.75. The molecule has 0 atom stereocenters. The molecule has 0 amide bonds. The van der Waals surface area contributed by atoms with Crippen LogP contribution in [0.2, 0.25) is 0 Å². The van der Waals surface area contributed by atoms with Crippen LogP contribution in [0.1, 0.15) is 0 Å². The minimum atomic E-state index is -0.554. The molecule has 0 aromatic heterocycles. The second kappa shape index (κ2) is 4.13. The molecule has 0 spiro atoms. The third-order valence-corrected chi connectivity index (χ3v) is 2.23. The van der Waals surface area contributed by atoms with Gasteiger partial charge in [-0.15, -0.1) is 0 Å². The van der Waals surface area contributed by atoms with Crippen molar-refractivity contribution < 1.29 is 20.4 Å². The van der Waals surface area contributed by atoms with Crippen molar-refractivity contribution in [1.82, 2.24) is 0 Å². The zero-order chi connectivity index (χ0) is 12.4. The van der Waals surface area contributed by atoms with E-state index < -0.39 is 17.2 Å². The number of nitrogens with one attached hydrogen (secondary N) is 1. The molecule has 0 bridgehead atoms. The maximum Gasteiger partial charge on any atom is 0.200 e. The number of hydrogen-bond acceptors (Lipinski definition) is 5. The Morgan fingerprint density at radius 3 is 1.76 bits per heavy atom. The summed E-state index contributed by atoms with van der Waals surface area (Å²) in [7, 11) is 0. The van der Waals surface area contributed by atoms with E-state index in [1.54, 1.807) is 12.1 Å². The van der Waals surface area contributed by atoms with Gasteiger partial charge in [0.15, 0.2) is 17.2 Å². The lowest BCUT2D eigenvalue weighted by molar-refractivity contribution is 0.368. The average molecular weight is 233 g/mol. The molecule has 2 rings (SSSR count). The SMILES string of the molecule is Oc1ccc(Nc2cc(O)c(O)c(O)c2)cc1.